The Morgan fingerprint density at radius 2 is 1.00 bits per heavy atom. The first-order valence-electron chi connectivity index (χ1n) is 4.57. The van der Waals surface area contributed by atoms with Crippen LogP contribution in [0.2, 0.25) is 0 Å². The van der Waals surface area contributed by atoms with Crippen LogP contribution in [0.5, 0.6) is 0 Å². The van der Waals surface area contributed by atoms with Gasteiger partial charge in [0.25, 0.3) is 0 Å². The Morgan fingerprint density at radius 3 is 1.33 bits per heavy atom. The molecule has 0 aliphatic heterocycles. The number of hydrogen-bond acceptors (Lipinski definition) is 0. The summed E-state index contributed by atoms with van der Waals surface area (Å²) in [6, 6.07) is 20.6. The summed E-state index contributed by atoms with van der Waals surface area (Å²) in [6.07, 6.45) is 0. The molecule has 0 nitrogen and oxygen atoms in total. The zero-order valence-electron chi connectivity index (χ0n) is 8.77. The normalized spacial score (nSPS) is 9.07. The summed E-state index contributed by atoms with van der Waals surface area (Å²) in [4.78, 5) is 0. The monoisotopic (exact) mass is 205 g/mol. The van der Waals surface area contributed by atoms with Gasteiger partial charge in [0.15, 0.2) is 0 Å². The largest absolute Gasteiger partial charge is 0.113 e. The summed E-state index contributed by atoms with van der Waals surface area (Å²) in [6.45, 7) is 0. The van der Waals surface area contributed by atoms with Crippen molar-refractivity contribution in [1.29, 1.82) is 0 Å². The summed E-state index contributed by atoms with van der Waals surface area (Å²) in [5.74, 6) is 0. The predicted octanol–water partition coefficient (Wildman–Crippen LogP) is 3.02. The number of rotatable bonds is 2. The maximum atomic E-state index is 3.66. The topological polar surface area (TPSA) is 0 Å². The minimum Gasteiger partial charge on any atom is -0.113 e. The molecule has 0 spiro atoms. The van der Waals surface area contributed by atoms with Crippen molar-refractivity contribution in [3.05, 3.63) is 71.8 Å². The van der Waals surface area contributed by atoms with Gasteiger partial charge < -0.3 is 0 Å². The maximum absolute atomic E-state index is 3.66. The van der Waals surface area contributed by atoms with Crippen LogP contribution in [0.15, 0.2) is 60.7 Å². The Morgan fingerprint density at radius 1 is 0.667 bits per heavy atom. The number of benzene rings is 2. The SMILES string of the molecule is P=C(c1ccccc1)c1ccccc1.[Li]. The molecule has 0 saturated heterocycles. The Hall–Kier alpha value is -0.793. The molecule has 0 aliphatic carbocycles. The van der Waals surface area contributed by atoms with Gasteiger partial charge in [0, 0.05) is 24.2 Å². The van der Waals surface area contributed by atoms with E-state index in [9.17, 15) is 0 Å². The zero-order valence-corrected chi connectivity index (χ0v) is 9.77. The van der Waals surface area contributed by atoms with Crippen LogP contribution in [-0.2, 0) is 0 Å². The smallest absolute Gasteiger partial charge is 0.00893 e. The summed E-state index contributed by atoms with van der Waals surface area (Å²) in [5.41, 5.74) is 2.41. The van der Waals surface area contributed by atoms with E-state index in [0.29, 0.717) is 0 Å². The van der Waals surface area contributed by atoms with E-state index in [1.54, 1.807) is 0 Å². The molecule has 0 bridgehead atoms. The van der Waals surface area contributed by atoms with Gasteiger partial charge in [-0.2, -0.15) is 0 Å². The Bertz CT molecular complexity index is 381. The molecule has 0 heterocycles. The molecule has 2 heteroatoms. The molecule has 1 radical (unpaired) electrons. The van der Waals surface area contributed by atoms with Crippen LogP contribution in [-0.4, -0.2) is 24.2 Å². The van der Waals surface area contributed by atoms with Gasteiger partial charge in [-0.3, -0.25) is 0 Å². The first-order valence-corrected chi connectivity index (χ1v) is 5.07. The fraction of sp³-hybridized carbons (Fsp3) is 0. The van der Waals surface area contributed by atoms with Crippen molar-refractivity contribution < 1.29 is 0 Å². The molecule has 2 rings (SSSR count). The van der Waals surface area contributed by atoms with Gasteiger partial charge in [0.05, 0.1) is 0 Å². The molecule has 2 aromatic carbocycles. The van der Waals surface area contributed by atoms with E-state index >= 15 is 0 Å². The third kappa shape index (κ3) is 3.08. The van der Waals surface area contributed by atoms with Crippen LogP contribution in [0, 0.1) is 0 Å². The van der Waals surface area contributed by atoms with Gasteiger partial charge in [0.1, 0.15) is 0 Å². The molecule has 0 fully saturated rings. The first-order chi connectivity index (χ1) is 6.88. The summed E-state index contributed by atoms with van der Waals surface area (Å²) in [7, 11) is 3.66. The van der Waals surface area contributed by atoms with Crippen LogP contribution in [0.3, 0.4) is 0 Å². The van der Waals surface area contributed by atoms with E-state index in [1.807, 2.05) is 36.4 Å². The van der Waals surface area contributed by atoms with Crippen molar-refractivity contribution in [2.75, 3.05) is 0 Å². The molecule has 0 aromatic heterocycles. The van der Waals surface area contributed by atoms with Gasteiger partial charge in [-0.1, -0.05) is 60.7 Å². The second-order valence-corrected chi connectivity index (χ2v) is 3.61. The van der Waals surface area contributed by atoms with E-state index in [1.165, 1.54) is 11.1 Å². The average molecular weight is 205 g/mol. The van der Waals surface area contributed by atoms with Crippen LogP contribution >= 0.6 is 8.86 Å². The standard InChI is InChI=1S/C13H11P.Li/c14-13(11-7-3-1-4-8-11)12-9-5-2-6-10-12;/h1-10,14H;. The van der Waals surface area contributed by atoms with E-state index < -0.39 is 0 Å². The van der Waals surface area contributed by atoms with Crippen molar-refractivity contribution in [3.8, 4) is 0 Å². The molecule has 15 heavy (non-hydrogen) atoms. The van der Waals surface area contributed by atoms with Crippen LogP contribution < -0.4 is 0 Å². The van der Waals surface area contributed by atoms with Gasteiger partial charge in [-0.25, -0.2) is 0 Å². The molecule has 0 saturated carbocycles. The molecule has 0 unspecified atom stereocenters. The van der Waals surface area contributed by atoms with E-state index in [4.69, 9.17) is 0 Å². The molecule has 69 valence electrons. The summed E-state index contributed by atoms with van der Waals surface area (Å²) in [5, 5.41) is 1.13. The Balaban J connectivity index is 0.00000112. The molecular formula is C13H11LiP. The van der Waals surface area contributed by atoms with Crippen molar-refractivity contribution in [2.45, 2.75) is 0 Å². The van der Waals surface area contributed by atoms with Crippen LogP contribution in [0.4, 0.5) is 0 Å². The van der Waals surface area contributed by atoms with Crippen LogP contribution in [0.25, 0.3) is 0 Å². The van der Waals surface area contributed by atoms with Crippen molar-refractivity contribution in [3.63, 3.8) is 0 Å². The fourth-order valence-corrected chi connectivity index (χ4v) is 1.71. The van der Waals surface area contributed by atoms with E-state index in [-0.39, 0.29) is 18.9 Å². The minimum absolute atomic E-state index is 0. The van der Waals surface area contributed by atoms with Crippen molar-refractivity contribution in [1.82, 2.24) is 0 Å². The molecule has 0 N–H and O–H groups in total. The van der Waals surface area contributed by atoms with Gasteiger partial charge in [0.2, 0.25) is 0 Å². The van der Waals surface area contributed by atoms with Gasteiger partial charge in [-0.05, 0) is 11.1 Å². The van der Waals surface area contributed by atoms with Gasteiger partial charge in [-0.15, -0.1) is 8.86 Å². The predicted molar refractivity (Wildman–Crippen MR) is 70.2 cm³/mol. The van der Waals surface area contributed by atoms with Crippen molar-refractivity contribution in [2.24, 2.45) is 0 Å². The first kappa shape index (κ1) is 12.3. The van der Waals surface area contributed by atoms with E-state index in [0.717, 1.165) is 5.29 Å². The quantitative estimate of drug-likeness (QED) is 0.522. The minimum atomic E-state index is 0. The molecule has 0 amide bonds. The van der Waals surface area contributed by atoms with E-state index in [2.05, 4.69) is 33.1 Å². The second-order valence-electron chi connectivity index (χ2n) is 3.11. The second kappa shape index (κ2) is 5.94. The average Bonchev–Trinajstić information content (AvgIpc) is 2.30. The third-order valence-corrected chi connectivity index (χ3v) is 2.70. The maximum Gasteiger partial charge on any atom is 0.00893 e. The zero-order chi connectivity index (χ0) is 9.80. The number of hydrogen-bond donors (Lipinski definition) is 0. The molecule has 0 atom stereocenters. The fourth-order valence-electron chi connectivity index (χ4n) is 1.38. The van der Waals surface area contributed by atoms with Gasteiger partial charge >= 0.3 is 0 Å². The molecule has 2 aromatic rings. The molecular weight excluding hydrogens is 194 g/mol. The summed E-state index contributed by atoms with van der Waals surface area (Å²) < 4.78 is 0. The Labute approximate surface area is 105 Å². The van der Waals surface area contributed by atoms with Crippen molar-refractivity contribution >= 4 is 33.0 Å². The third-order valence-electron chi connectivity index (χ3n) is 2.12. The van der Waals surface area contributed by atoms with Crippen LogP contribution in [0.1, 0.15) is 11.1 Å². The molecule has 0 aliphatic rings. The summed E-state index contributed by atoms with van der Waals surface area (Å²) >= 11 is 0. The Kier molecular flexibility index (Phi) is 4.86.